The molecule has 0 N–H and O–H groups in total. The molecule has 4 rings (SSSR count). The van der Waals surface area contributed by atoms with Crippen LogP contribution in [0.15, 0.2) is 72.2 Å². The molecule has 0 aliphatic carbocycles. The Kier molecular flexibility index (Phi) is 4.49. The summed E-state index contributed by atoms with van der Waals surface area (Å²) in [5, 5.41) is 8.98. The van der Waals surface area contributed by atoms with Gasteiger partial charge in [-0.15, -0.1) is 0 Å². The fourth-order valence-corrected chi connectivity index (χ4v) is 2.77. The molecule has 0 saturated carbocycles. The summed E-state index contributed by atoms with van der Waals surface area (Å²) >= 11 is 0. The monoisotopic (exact) mass is 358 g/mol. The van der Waals surface area contributed by atoms with E-state index in [0.29, 0.717) is 0 Å². The molecule has 2 aromatic heterocycles. The molecule has 4 aromatic rings. The van der Waals surface area contributed by atoms with Crippen LogP contribution in [-0.2, 0) is 0 Å². The molecule has 0 spiro atoms. The van der Waals surface area contributed by atoms with Crippen molar-refractivity contribution in [2.45, 2.75) is 6.92 Å². The first-order chi connectivity index (χ1) is 13.3. The second-order valence-corrected chi connectivity index (χ2v) is 5.87. The maximum atomic E-state index is 5.19. The fourth-order valence-electron chi connectivity index (χ4n) is 2.77. The van der Waals surface area contributed by atoms with Crippen molar-refractivity contribution in [2.24, 2.45) is 4.99 Å². The Hall–Kier alpha value is -3.74. The number of rotatable bonds is 5. The van der Waals surface area contributed by atoms with Gasteiger partial charge < -0.3 is 4.74 Å². The van der Waals surface area contributed by atoms with Crippen LogP contribution in [-0.4, -0.2) is 37.9 Å². The molecule has 27 heavy (non-hydrogen) atoms. The van der Waals surface area contributed by atoms with Crippen LogP contribution < -0.4 is 4.74 Å². The molecule has 0 fully saturated rings. The molecule has 0 unspecified atom stereocenters. The number of aryl methyl sites for hydroxylation is 1. The highest BCUT2D eigenvalue weighted by Crippen LogP contribution is 2.22. The summed E-state index contributed by atoms with van der Waals surface area (Å²) in [4.78, 5) is 8.67. The van der Waals surface area contributed by atoms with Crippen molar-refractivity contribution < 1.29 is 4.74 Å². The molecular weight excluding hydrogens is 340 g/mol. The third-order valence-corrected chi connectivity index (χ3v) is 4.13. The maximum Gasteiger partial charge on any atom is 0.168 e. The number of aromatic nitrogens is 5. The topological polar surface area (TPSA) is 70.1 Å². The van der Waals surface area contributed by atoms with Gasteiger partial charge in [-0.05, 0) is 43.3 Å². The van der Waals surface area contributed by atoms with Gasteiger partial charge in [0.25, 0.3) is 0 Å². The second-order valence-electron chi connectivity index (χ2n) is 5.87. The lowest BCUT2D eigenvalue weighted by Crippen LogP contribution is -2.07. The van der Waals surface area contributed by atoms with E-state index >= 15 is 0 Å². The Balaban J connectivity index is 1.80. The van der Waals surface area contributed by atoms with Gasteiger partial charge in [-0.3, -0.25) is 4.99 Å². The minimum atomic E-state index is 0.786. The lowest BCUT2D eigenvalue weighted by molar-refractivity contribution is 0.415. The Morgan fingerprint density at radius 1 is 1.04 bits per heavy atom. The third-order valence-electron chi connectivity index (χ3n) is 4.13. The van der Waals surface area contributed by atoms with Gasteiger partial charge in [0.15, 0.2) is 5.82 Å². The van der Waals surface area contributed by atoms with Crippen molar-refractivity contribution in [2.75, 3.05) is 7.11 Å². The molecule has 2 aromatic carbocycles. The van der Waals surface area contributed by atoms with E-state index in [1.807, 2.05) is 66.2 Å². The van der Waals surface area contributed by atoms with Crippen LogP contribution in [0.5, 0.6) is 5.75 Å². The minimum Gasteiger partial charge on any atom is -0.497 e. The number of methoxy groups -OCH3 is 1. The number of ether oxygens (including phenoxy) is 1. The van der Waals surface area contributed by atoms with Crippen molar-refractivity contribution >= 4 is 11.9 Å². The van der Waals surface area contributed by atoms with Crippen LogP contribution >= 0.6 is 0 Å². The van der Waals surface area contributed by atoms with Crippen molar-refractivity contribution in [3.8, 4) is 17.3 Å². The van der Waals surface area contributed by atoms with E-state index in [1.54, 1.807) is 24.3 Å². The summed E-state index contributed by atoms with van der Waals surface area (Å²) in [6, 6.07) is 17.5. The quantitative estimate of drug-likeness (QED) is 0.512. The Morgan fingerprint density at radius 2 is 1.81 bits per heavy atom. The summed E-state index contributed by atoms with van der Waals surface area (Å²) < 4.78 is 8.73. The smallest absolute Gasteiger partial charge is 0.168 e. The van der Waals surface area contributed by atoms with Crippen LogP contribution in [0.25, 0.3) is 11.5 Å². The van der Waals surface area contributed by atoms with Crippen molar-refractivity contribution in [3.05, 3.63) is 78.5 Å². The molecule has 2 heterocycles. The van der Waals surface area contributed by atoms with Gasteiger partial charge in [-0.2, -0.15) is 10.2 Å². The van der Waals surface area contributed by atoms with Gasteiger partial charge in [0.05, 0.1) is 29.7 Å². The number of hydrogen-bond donors (Lipinski definition) is 0. The summed E-state index contributed by atoms with van der Waals surface area (Å²) in [6.45, 7) is 1.95. The zero-order chi connectivity index (χ0) is 18.6. The van der Waals surface area contributed by atoms with E-state index in [4.69, 9.17) is 9.84 Å². The van der Waals surface area contributed by atoms with Gasteiger partial charge in [-0.1, -0.05) is 18.2 Å². The molecule has 7 heteroatoms. The first-order valence-corrected chi connectivity index (χ1v) is 8.44. The Morgan fingerprint density at radius 3 is 2.48 bits per heavy atom. The first kappa shape index (κ1) is 16.7. The number of benzene rings is 2. The molecule has 0 saturated heterocycles. The number of nitrogens with zero attached hydrogens (tertiary/aromatic N) is 6. The fraction of sp³-hybridized carbons (Fsp3) is 0.100. The third kappa shape index (κ3) is 3.35. The predicted molar refractivity (Wildman–Crippen MR) is 103 cm³/mol. The molecule has 0 atom stereocenters. The van der Waals surface area contributed by atoms with Crippen LogP contribution in [0.4, 0.5) is 5.69 Å². The highest BCUT2D eigenvalue weighted by molar-refractivity contribution is 5.87. The lowest BCUT2D eigenvalue weighted by Gasteiger charge is -2.07. The van der Waals surface area contributed by atoms with Gasteiger partial charge in [-0.25, -0.2) is 14.3 Å². The molecule has 7 nitrogen and oxygen atoms in total. The Labute approximate surface area is 156 Å². The molecule has 0 amide bonds. The average Bonchev–Trinajstić information content (AvgIpc) is 3.35. The molecule has 0 aliphatic rings. The first-order valence-electron chi connectivity index (χ1n) is 8.44. The van der Waals surface area contributed by atoms with E-state index in [2.05, 4.69) is 15.1 Å². The van der Waals surface area contributed by atoms with Crippen LogP contribution in [0.3, 0.4) is 0 Å². The molecular formula is C20H18N6O. The standard InChI is InChI=1S/C20H18N6O/c1-15-19(12-22-16-8-10-18(27-2)11-9-16)20(25-14-21-13-23-25)26(24-15)17-6-4-3-5-7-17/h3-14H,1-2H3. The largest absolute Gasteiger partial charge is 0.497 e. The second kappa shape index (κ2) is 7.25. The van der Waals surface area contributed by atoms with Crippen molar-refractivity contribution in [1.82, 2.24) is 24.5 Å². The lowest BCUT2D eigenvalue weighted by atomic mass is 10.2. The normalized spacial score (nSPS) is 11.2. The van der Waals surface area contributed by atoms with Crippen LogP contribution in [0.1, 0.15) is 11.3 Å². The van der Waals surface area contributed by atoms with Crippen molar-refractivity contribution in [1.29, 1.82) is 0 Å². The van der Waals surface area contributed by atoms with Gasteiger partial charge in [0.1, 0.15) is 18.4 Å². The van der Waals surface area contributed by atoms with Crippen molar-refractivity contribution in [3.63, 3.8) is 0 Å². The van der Waals surface area contributed by atoms with E-state index in [1.165, 1.54) is 6.33 Å². The maximum absolute atomic E-state index is 5.19. The zero-order valence-electron chi connectivity index (χ0n) is 15.0. The molecule has 0 aliphatic heterocycles. The average molecular weight is 358 g/mol. The van der Waals surface area contributed by atoms with Crippen LogP contribution in [0.2, 0.25) is 0 Å². The zero-order valence-corrected chi connectivity index (χ0v) is 15.0. The summed E-state index contributed by atoms with van der Waals surface area (Å²) in [5.41, 5.74) is 3.49. The summed E-state index contributed by atoms with van der Waals surface area (Å²) in [6.07, 6.45) is 4.96. The highest BCUT2D eigenvalue weighted by Gasteiger charge is 2.17. The van der Waals surface area contributed by atoms with Gasteiger partial charge in [0.2, 0.25) is 0 Å². The summed E-state index contributed by atoms with van der Waals surface area (Å²) in [7, 11) is 1.64. The minimum absolute atomic E-state index is 0.786. The van der Waals surface area contributed by atoms with E-state index in [9.17, 15) is 0 Å². The van der Waals surface area contributed by atoms with E-state index in [0.717, 1.165) is 34.2 Å². The molecule has 134 valence electrons. The van der Waals surface area contributed by atoms with E-state index in [-0.39, 0.29) is 0 Å². The number of aliphatic imine (C=N–C) groups is 1. The highest BCUT2D eigenvalue weighted by atomic mass is 16.5. The Bertz CT molecular complexity index is 1050. The molecule has 0 bridgehead atoms. The molecule has 0 radical (unpaired) electrons. The van der Waals surface area contributed by atoms with Gasteiger partial charge in [0, 0.05) is 6.21 Å². The van der Waals surface area contributed by atoms with Gasteiger partial charge >= 0.3 is 0 Å². The number of hydrogen-bond acceptors (Lipinski definition) is 5. The number of para-hydroxylation sites is 1. The SMILES string of the molecule is COc1ccc(N=Cc2c(C)nn(-c3ccccc3)c2-n2cncn2)cc1. The van der Waals surface area contributed by atoms with Crippen LogP contribution in [0, 0.1) is 6.92 Å². The predicted octanol–water partition coefficient (Wildman–Crippen LogP) is 3.52. The van der Waals surface area contributed by atoms with E-state index < -0.39 is 0 Å². The summed E-state index contributed by atoms with van der Waals surface area (Å²) in [5.74, 6) is 1.58.